The zero-order valence-electron chi connectivity index (χ0n) is 20.7. The van der Waals surface area contributed by atoms with Crippen LogP contribution in [0.15, 0.2) is 60.8 Å². The van der Waals surface area contributed by atoms with Crippen LogP contribution < -0.4 is 14.4 Å². The molecule has 0 aliphatic carbocycles. The molecule has 4 rings (SSSR count). The zero-order chi connectivity index (χ0) is 25.1. The van der Waals surface area contributed by atoms with Crippen LogP contribution in [0.1, 0.15) is 31.1 Å². The highest BCUT2D eigenvalue weighted by molar-refractivity contribution is 6.00. The maximum atomic E-state index is 14.1. The SMILES string of the molecule is COCC(=O)N(CC(=O)N1c2ccccc2-n2cccc2C1c1cc(OC)ccc1OC)C(C)C. The summed E-state index contributed by atoms with van der Waals surface area (Å²) in [4.78, 5) is 30.1. The first-order valence-electron chi connectivity index (χ1n) is 11.5. The lowest BCUT2D eigenvalue weighted by Gasteiger charge is -2.40. The molecule has 2 heterocycles. The molecule has 8 nitrogen and oxygen atoms in total. The first-order chi connectivity index (χ1) is 16.9. The Labute approximate surface area is 205 Å². The molecule has 1 atom stereocenters. The lowest BCUT2D eigenvalue weighted by atomic mass is 9.96. The van der Waals surface area contributed by atoms with Gasteiger partial charge in [-0.2, -0.15) is 0 Å². The highest BCUT2D eigenvalue weighted by atomic mass is 16.5. The number of amides is 2. The van der Waals surface area contributed by atoms with Gasteiger partial charge in [-0.05, 0) is 56.3 Å². The standard InChI is InChI=1S/C27H31N3O5/c1-18(2)29(26(32)17-33-3)16-25(31)30-22-10-7-6-9-21(22)28-14-8-11-23(28)27(30)20-15-19(34-4)12-13-24(20)35-5/h6-15,18,27H,16-17H2,1-5H3. The van der Waals surface area contributed by atoms with Gasteiger partial charge in [-0.25, -0.2) is 0 Å². The second kappa shape index (κ2) is 10.2. The molecule has 0 saturated heterocycles. The molecule has 3 aromatic rings. The summed E-state index contributed by atoms with van der Waals surface area (Å²) in [5.41, 5.74) is 3.33. The largest absolute Gasteiger partial charge is 0.497 e. The number of benzene rings is 2. The lowest BCUT2D eigenvalue weighted by molar-refractivity contribution is -0.140. The van der Waals surface area contributed by atoms with E-state index in [1.165, 1.54) is 7.11 Å². The molecule has 0 bridgehead atoms. The fourth-order valence-corrected chi connectivity index (χ4v) is 4.60. The molecule has 0 radical (unpaired) electrons. The van der Waals surface area contributed by atoms with Crippen LogP contribution in [-0.2, 0) is 14.3 Å². The molecular formula is C27H31N3O5. The van der Waals surface area contributed by atoms with Gasteiger partial charge < -0.3 is 23.7 Å². The quantitative estimate of drug-likeness (QED) is 0.493. The van der Waals surface area contributed by atoms with Gasteiger partial charge in [-0.1, -0.05) is 12.1 Å². The molecule has 2 amide bonds. The second-order valence-corrected chi connectivity index (χ2v) is 8.61. The van der Waals surface area contributed by atoms with Crippen molar-refractivity contribution in [1.29, 1.82) is 0 Å². The van der Waals surface area contributed by atoms with Gasteiger partial charge in [0.1, 0.15) is 30.7 Å². The summed E-state index contributed by atoms with van der Waals surface area (Å²) in [6, 6.07) is 16.6. The Morgan fingerprint density at radius 3 is 2.37 bits per heavy atom. The third kappa shape index (κ3) is 4.49. The van der Waals surface area contributed by atoms with Crippen molar-refractivity contribution in [3.63, 3.8) is 0 Å². The Morgan fingerprint density at radius 2 is 1.71 bits per heavy atom. The van der Waals surface area contributed by atoms with Gasteiger partial charge in [0.05, 0.1) is 31.3 Å². The van der Waals surface area contributed by atoms with Crippen molar-refractivity contribution in [3.8, 4) is 17.2 Å². The highest BCUT2D eigenvalue weighted by Gasteiger charge is 2.38. The van der Waals surface area contributed by atoms with Crippen LogP contribution in [0.2, 0.25) is 0 Å². The van der Waals surface area contributed by atoms with Crippen LogP contribution in [0, 0.1) is 0 Å². The predicted molar refractivity (Wildman–Crippen MR) is 133 cm³/mol. The number of hydrogen-bond donors (Lipinski definition) is 0. The number of aromatic nitrogens is 1. The minimum Gasteiger partial charge on any atom is -0.497 e. The number of fused-ring (bicyclic) bond motifs is 3. The monoisotopic (exact) mass is 477 g/mol. The van der Waals surface area contributed by atoms with E-state index in [0.29, 0.717) is 11.5 Å². The van der Waals surface area contributed by atoms with Crippen LogP contribution in [0.4, 0.5) is 5.69 Å². The van der Waals surface area contributed by atoms with E-state index in [0.717, 1.165) is 22.6 Å². The summed E-state index contributed by atoms with van der Waals surface area (Å²) in [6.45, 7) is 3.60. The topological polar surface area (TPSA) is 73.2 Å². The third-order valence-electron chi connectivity index (χ3n) is 6.24. The molecule has 0 saturated carbocycles. The minimum atomic E-state index is -0.496. The number of anilines is 1. The highest BCUT2D eigenvalue weighted by Crippen LogP contribution is 2.45. The maximum absolute atomic E-state index is 14.1. The summed E-state index contributed by atoms with van der Waals surface area (Å²) < 4.78 is 18.3. The van der Waals surface area contributed by atoms with Gasteiger partial charge >= 0.3 is 0 Å². The van der Waals surface area contributed by atoms with Crippen molar-refractivity contribution in [1.82, 2.24) is 9.47 Å². The van der Waals surface area contributed by atoms with Gasteiger partial charge in [-0.15, -0.1) is 0 Å². The summed E-state index contributed by atoms with van der Waals surface area (Å²) in [6.07, 6.45) is 1.98. The summed E-state index contributed by atoms with van der Waals surface area (Å²) >= 11 is 0. The van der Waals surface area contributed by atoms with Crippen molar-refractivity contribution in [2.45, 2.75) is 25.9 Å². The minimum absolute atomic E-state index is 0.0853. The Balaban J connectivity index is 1.88. The Hall–Kier alpha value is -3.78. The van der Waals surface area contributed by atoms with E-state index in [9.17, 15) is 9.59 Å². The molecule has 2 aromatic carbocycles. The molecule has 0 N–H and O–H groups in total. The summed E-state index contributed by atoms with van der Waals surface area (Å²) in [5.74, 6) is 0.846. The molecule has 1 unspecified atom stereocenters. The maximum Gasteiger partial charge on any atom is 0.249 e. The van der Waals surface area contributed by atoms with Gasteiger partial charge in [0.25, 0.3) is 0 Å². The number of carbonyl (C=O) groups is 2. The van der Waals surface area contributed by atoms with Crippen LogP contribution in [-0.4, -0.2) is 61.8 Å². The van der Waals surface area contributed by atoms with E-state index in [1.54, 1.807) is 24.0 Å². The number of ether oxygens (including phenoxy) is 3. The van der Waals surface area contributed by atoms with E-state index in [-0.39, 0.29) is 31.0 Å². The van der Waals surface area contributed by atoms with E-state index in [1.807, 2.05) is 74.6 Å². The molecule has 1 aliphatic rings. The fourth-order valence-electron chi connectivity index (χ4n) is 4.60. The number of nitrogens with zero attached hydrogens (tertiary/aromatic N) is 3. The third-order valence-corrected chi connectivity index (χ3v) is 6.24. The first-order valence-corrected chi connectivity index (χ1v) is 11.5. The number of carbonyl (C=O) groups excluding carboxylic acids is 2. The number of hydrogen-bond acceptors (Lipinski definition) is 5. The molecule has 184 valence electrons. The predicted octanol–water partition coefficient (Wildman–Crippen LogP) is 3.81. The van der Waals surface area contributed by atoms with Crippen LogP contribution in [0.25, 0.3) is 5.69 Å². The average molecular weight is 478 g/mol. The molecule has 35 heavy (non-hydrogen) atoms. The van der Waals surface area contributed by atoms with Gasteiger partial charge in [0.2, 0.25) is 11.8 Å². The van der Waals surface area contributed by atoms with E-state index in [2.05, 4.69) is 4.57 Å². The van der Waals surface area contributed by atoms with Crippen molar-refractivity contribution >= 4 is 17.5 Å². The number of rotatable bonds is 8. The first kappa shape index (κ1) is 24.3. The molecule has 0 spiro atoms. The summed E-state index contributed by atoms with van der Waals surface area (Å²) in [5, 5.41) is 0. The molecular weight excluding hydrogens is 446 g/mol. The average Bonchev–Trinajstić information content (AvgIpc) is 3.35. The van der Waals surface area contributed by atoms with E-state index >= 15 is 0 Å². The van der Waals surface area contributed by atoms with Crippen molar-refractivity contribution in [3.05, 3.63) is 72.1 Å². The number of methoxy groups -OCH3 is 3. The Morgan fingerprint density at radius 1 is 0.971 bits per heavy atom. The van der Waals surface area contributed by atoms with Crippen LogP contribution in [0.5, 0.6) is 11.5 Å². The van der Waals surface area contributed by atoms with Crippen LogP contribution >= 0.6 is 0 Å². The van der Waals surface area contributed by atoms with Crippen molar-refractivity contribution < 1.29 is 23.8 Å². The molecule has 8 heteroatoms. The van der Waals surface area contributed by atoms with Gasteiger partial charge in [-0.3, -0.25) is 14.5 Å². The van der Waals surface area contributed by atoms with E-state index in [4.69, 9.17) is 14.2 Å². The number of para-hydroxylation sites is 2. The fraction of sp³-hybridized carbons (Fsp3) is 0.333. The summed E-state index contributed by atoms with van der Waals surface area (Å²) in [7, 11) is 4.69. The lowest BCUT2D eigenvalue weighted by Crippen LogP contribution is -2.49. The Bertz CT molecular complexity index is 1220. The van der Waals surface area contributed by atoms with E-state index < -0.39 is 6.04 Å². The second-order valence-electron chi connectivity index (χ2n) is 8.61. The smallest absolute Gasteiger partial charge is 0.249 e. The molecule has 1 aromatic heterocycles. The molecule has 0 fully saturated rings. The zero-order valence-corrected chi connectivity index (χ0v) is 20.7. The van der Waals surface area contributed by atoms with Gasteiger partial charge in [0, 0.05) is 24.9 Å². The van der Waals surface area contributed by atoms with Crippen molar-refractivity contribution in [2.24, 2.45) is 0 Å². The Kier molecular flexibility index (Phi) is 7.12. The van der Waals surface area contributed by atoms with Gasteiger partial charge in [0.15, 0.2) is 0 Å². The normalized spacial score (nSPS) is 14.3. The van der Waals surface area contributed by atoms with Crippen molar-refractivity contribution in [2.75, 3.05) is 39.4 Å². The van der Waals surface area contributed by atoms with Crippen LogP contribution in [0.3, 0.4) is 0 Å². The molecule has 1 aliphatic heterocycles.